The number of rotatable bonds is 6. The third kappa shape index (κ3) is 9.63. The summed E-state index contributed by atoms with van der Waals surface area (Å²) < 4.78 is 34.9. The van der Waals surface area contributed by atoms with Crippen LogP contribution < -0.4 is 10.6 Å². The smallest absolute Gasteiger partial charge is 0.313 e. The van der Waals surface area contributed by atoms with Gasteiger partial charge in [-0.05, 0) is 13.3 Å². The van der Waals surface area contributed by atoms with E-state index in [2.05, 4.69) is 10.6 Å². The second-order valence-corrected chi connectivity index (χ2v) is 3.06. The lowest BCUT2D eigenvalue weighted by molar-refractivity contribution is -0.124. The van der Waals surface area contributed by atoms with E-state index >= 15 is 0 Å². The number of alkyl halides is 3. The van der Waals surface area contributed by atoms with E-state index in [-0.39, 0.29) is 0 Å². The summed E-state index contributed by atoms with van der Waals surface area (Å²) in [5.41, 5.74) is 0. The standard InChI is InChI=1S/C8H17F3N2/c1-3-7(2)13-5-4-12-6-8(9,10)11/h7,12-13H,3-6H2,1-2H3. The van der Waals surface area contributed by atoms with Crippen LogP contribution in [0.2, 0.25) is 0 Å². The zero-order valence-corrected chi connectivity index (χ0v) is 8.04. The van der Waals surface area contributed by atoms with Crippen molar-refractivity contribution in [1.29, 1.82) is 0 Å². The van der Waals surface area contributed by atoms with Crippen molar-refractivity contribution in [2.45, 2.75) is 32.5 Å². The molecule has 80 valence electrons. The molecule has 13 heavy (non-hydrogen) atoms. The molecule has 0 rings (SSSR count). The normalized spacial score (nSPS) is 14.5. The van der Waals surface area contributed by atoms with Gasteiger partial charge in [-0.1, -0.05) is 6.92 Å². The fourth-order valence-electron chi connectivity index (χ4n) is 0.781. The number of hydrogen-bond acceptors (Lipinski definition) is 2. The Kier molecular flexibility index (Phi) is 6.07. The summed E-state index contributed by atoms with van der Waals surface area (Å²) in [6.45, 7) is 4.05. The molecule has 0 saturated heterocycles. The van der Waals surface area contributed by atoms with Crippen molar-refractivity contribution in [2.24, 2.45) is 0 Å². The molecule has 0 aliphatic carbocycles. The van der Waals surface area contributed by atoms with Gasteiger partial charge in [0.05, 0.1) is 6.54 Å². The van der Waals surface area contributed by atoms with Gasteiger partial charge in [-0.2, -0.15) is 13.2 Å². The van der Waals surface area contributed by atoms with Crippen molar-refractivity contribution in [1.82, 2.24) is 10.6 Å². The molecule has 2 N–H and O–H groups in total. The summed E-state index contributed by atoms with van der Waals surface area (Å²) >= 11 is 0. The molecule has 0 aromatic carbocycles. The van der Waals surface area contributed by atoms with Gasteiger partial charge >= 0.3 is 6.18 Å². The van der Waals surface area contributed by atoms with Crippen LogP contribution in [0.25, 0.3) is 0 Å². The first kappa shape index (κ1) is 12.7. The molecule has 5 heteroatoms. The van der Waals surface area contributed by atoms with Crippen molar-refractivity contribution in [2.75, 3.05) is 19.6 Å². The lowest BCUT2D eigenvalue weighted by Crippen LogP contribution is -2.36. The largest absolute Gasteiger partial charge is 0.401 e. The van der Waals surface area contributed by atoms with E-state index in [4.69, 9.17) is 0 Å². The molecule has 0 fully saturated rings. The van der Waals surface area contributed by atoms with Crippen LogP contribution in [-0.4, -0.2) is 31.9 Å². The minimum absolute atomic E-state index is 0.351. The Morgan fingerprint density at radius 1 is 1.23 bits per heavy atom. The van der Waals surface area contributed by atoms with Crippen molar-refractivity contribution < 1.29 is 13.2 Å². The van der Waals surface area contributed by atoms with Gasteiger partial charge in [-0.15, -0.1) is 0 Å². The SMILES string of the molecule is CCC(C)NCCNCC(F)(F)F. The van der Waals surface area contributed by atoms with Crippen LogP contribution in [0.4, 0.5) is 13.2 Å². The van der Waals surface area contributed by atoms with Gasteiger partial charge in [-0.3, -0.25) is 0 Å². The van der Waals surface area contributed by atoms with E-state index in [0.717, 1.165) is 6.42 Å². The minimum Gasteiger partial charge on any atom is -0.313 e. The lowest BCUT2D eigenvalue weighted by atomic mass is 10.3. The Morgan fingerprint density at radius 2 is 1.85 bits per heavy atom. The Balaban J connectivity index is 3.18. The van der Waals surface area contributed by atoms with Crippen molar-refractivity contribution >= 4 is 0 Å². The third-order valence-electron chi connectivity index (χ3n) is 1.73. The summed E-state index contributed by atoms with van der Waals surface area (Å²) in [5.74, 6) is 0. The average Bonchev–Trinajstić information content (AvgIpc) is 2.01. The van der Waals surface area contributed by atoms with E-state index in [1.807, 2.05) is 13.8 Å². The van der Waals surface area contributed by atoms with Crippen molar-refractivity contribution in [3.8, 4) is 0 Å². The molecular weight excluding hydrogens is 181 g/mol. The fraction of sp³-hybridized carbons (Fsp3) is 1.00. The maximum Gasteiger partial charge on any atom is 0.401 e. The molecule has 2 nitrogen and oxygen atoms in total. The van der Waals surface area contributed by atoms with Crippen LogP contribution >= 0.6 is 0 Å². The summed E-state index contributed by atoms with van der Waals surface area (Å²) in [5, 5.41) is 5.41. The third-order valence-corrected chi connectivity index (χ3v) is 1.73. The predicted octanol–water partition coefficient (Wildman–Crippen LogP) is 1.53. The van der Waals surface area contributed by atoms with E-state index in [1.54, 1.807) is 0 Å². The monoisotopic (exact) mass is 198 g/mol. The molecule has 0 radical (unpaired) electrons. The molecule has 1 unspecified atom stereocenters. The van der Waals surface area contributed by atoms with Crippen LogP contribution in [0.15, 0.2) is 0 Å². The van der Waals surface area contributed by atoms with Gasteiger partial charge in [0.2, 0.25) is 0 Å². The highest BCUT2D eigenvalue weighted by Gasteiger charge is 2.25. The van der Waals surface area contributed by atoms with Gasteiger partial charge in [0.1, 0.15) is 0 Å². The van der Waals surface area contributed by atoms with Gasteiger partial charge in [0, 0.05) is 19.1 Å². The first-order valence-corrected chi connectivity index (χ1v) is 4.46. The van der Waals surface area contributed by atoms with Crippen molar-refractivity contribution in [3.05, 3.63) is 0 Å². The highest BCUT2D eigenvalue weighted by Crippen LogP contribution is 2.11. The highest BCUT2D eigenvalue weighted by molar-refractivity contribution is 4.61. The Labute approximate surface area is 76.9 Å². The van der Waals surface area contributed by atoms with Crippen LogP contribution in [0.5, 0.6) is 0 Å². The van der Waals surface area contributed by atoms with Gasteiger partial charge in [0.25, 0.3) is 0 Å². The van der Waals surface area contributed by atoms with Crippen LogP contribution in [0.3, 0.4) is 0 Å². The summed E-state index contributed by atoms with van der Waals surface area (Å²) in [6.07, 6.45) is -3.12. The number of halogens is 3. The quantitative estimate of drug-likeness (QED) is 0.632. The van der Waals surface area contributed by atoms with E-state index in [9.17, 15) is 13.2 Å². The Bertz CT molecular complexity index is 125. The topological polar surface area (TPSA) is 24.1 Å². The highest BCUT2D eigenvalue weighted by atomic mass is 19.4. The average molecular weight is 198 g/mol. The second kappa shape index (κ2) is 6.21. The zero-order chi connectivity index (χ0) is 10.3. The minimum atomic E-state index is -4.10. The molecule has 0 bridgehead atoms. The first-order chi connectivity index (χ1) is 5.95. The maximum atomic E-state index is 11.6. The van der Waals surface area contributed by atoms with Gasteiger partial charge in [-0.25, -0.2) is 0 Å². The second-order valence-electron chi connectivity index (χ2n) is 3.06. The van der Waals surface area contributed by atoms with Crippen LogP contribution in [0.1, 0.15) is 20.3 Å². The molecule has 0 aliphatic heterocycles. The predicted molar refractivity (Wildman–Crippen MR) is 46.7 cm³/mol. The molecule has 0 spiro atoms. The molecule has 0 aliphatic rings. The molecule has 0 saturated carbocycles. The Morgan fingerprint density at radius 3 is 2.31 bits per heavy atom. The molecule has 0 amide bonds. The summed E-state index contributed by atoms with van der Waals surface area (Å²) in [7, 11) is 0. The molecule has 0 aromatic heterocycles. The van der Waals surface area contributed by atoms with Crippen LogP contribution in [0, 0.1) is 0 Å². The summed E-state index contributed by atoms with van der Waals surface area (Å²) in [4.78, 5) is 0. The van der Waals surface area contributed by atoms with E-state index in [1.165, 1.54) is 0 Å². The van der Waals surface area contributed by atoms with E-state index in [0.29, 0.717) is 19.1 Å². The molecule has 0 heterocycles. The zero-order valence-electron chi connectivity index (χ0n) is 8.04. The van der Waals surface area contributed by atoms with Crippen LogP contribution in [-0.2, 0) is 0 Å². The molecule has 1 atom stereocenters. The first-order valence-electron chi connectivity index (χ1n) is 4.46. The molecular formula is C8H17F3N2. The molecule has 0 aromatic rings. The number of nitrogens with one attached hydrogen (secondary N) is 2. The number of hydrogen-bond donors (Lipinski definition) is 2. The lowest BCUT2D eigenvalue weighted by Gasteiger charge is -2.12. The van der Waals surface area contributed by atoms with E-state index < -0.39 is 12.7 Å². The summed E-state index contributed by atoms with van der Waals surface area (Å²) in [6, 6.07) is 0.368. The van der Waals surface area contributed by atoms with Gasteiger partial charge < -0.3 is 10.6 Å². The van der Waals surface area contributed by atoms with Gasteiger partial charge in [0.15, 0.2) is 0 Å². The Hall–Kier alpha value is -0.290. The van der Waals surface area contributed by atoms with Crippen molar-refractivity contribution in [3.63, 3.8) is 0 Å². The fourth-order valence-corrected chi connectivity index (χ4v) is 0.781. The maximum absolute atomic E-state index is 11.6.